The highest BCUT2D eigenvalue weighted by Crippen LogP contribution is 2.34. The van der Waals surface area contributed by atoms with E-state index in [0.29, 0.717) is 28.3 Å². The van der Waals surface area contributed by atoms with Gasteiger partial charge in [-0.1, -0.05) is 0 Å². The minimum absolute atomic E-state index is 0.226. The van der Waals surface area contributed by atoms with Gasteiger partial charge in [-0.05, 0) is 12.1 Å². The van der Waals surface area contributed by atoms with E-state index in [-0.39, 0.29) is 5.69 Å². The molecule has 0 aliphatic rings. The lowest BCUT2D eigenvalue weighted by molar-refractivity contribution is 0.582. The van der Waals surface area contributed by atoms with Crippen molar-refractivity contribution in [2.45, 2.75) is 0 Å². The second-order valence-corrected chi connectivity index (χ2v) is 4.03. The molecule has 96 valence electrons. The summed E-state index contributed by atoms with van der Waals surface area (Å²) in [5, 5.41) is 8.92. The molecule has 6 nitrogen and oxygen atoms in total. The fourth-order valence-corrected chi connectivity index (χ4v) is 1.92. The first-order valence-corrected chi connectivity index (χ1v) is 5.79. The van der Waals surface area contributed by atoms with Gasteiger partial charge in [-0.15, -0.1) is 0 Å². The van der Waals surface area contributed by atoms with Gasteiger partial charge in [0.1, 0.15) is 11.8 Å². The number of hydrogen-bond donors (Lipinski definition) is 1. The van der Waals surface area contributed by atoms with Gasteiger partial charge in [0, 0.05) is 17.3 Å². The normalized spacial score (nSPS) is 10.2. The number of nitrogens with zero attached hydrogens (tertiary/aromatic N) is 4. The molecule has 0 bridgehead atoms. The smallest absolute Gasteiger partial charge is 0.159 e. The zero-order valence-corrected chi connectivity index (χ0v) is 10.3. The fraction of sp³-hybridized carbons (Fsp3) is 0. The summed E-state index contributed by atoms with van der Waals surface area (Å²) in [5.41, 5.74) is 8.54. The Morgan fingerprint density at radius 3 is 2.75 bits per heavy atom. The van der Waals surface area contributed by atoms with Crippen LogP contribution >= 0.6 is 0 Å². The summed E-state index contributed by atoms with van der Waals surface area (Å²) in [4.78, 5) is 12.3. The highest BCUT2D eigenvalue weighted by atomic mass is 16.3. The summed E-state index contributed by atoms with van der Waals surface area (Å²) in [7, 11) is 0. The molecule has 0 amide bonds. The molecule has 0 atom stereocenters. The van der Waals surface area contributed by atoms with Crippen molar-refractivity contribution in [3.05, 3.63) is 48.9 Å². The van der Waals surface area contributed by atoms with Crippen LogP contribution < -0.4 is 5.73 Å². The molecule has 0 aliphatic carbocycles. The van der Waals surface area contributed by atoms with Gasteiger partial charge in [0.25, 0.3) is 0 Å². The second-order valence-electron chi connectivity index (χ2n) is 4.03. The van der Waals surface area contributed by atoms with E-state index in [1.165, 1.54) is 12.4 Å². The molecule has 20 heavy (non-hydrogen) atoms. The highest BCUT2D eigenvalue weighted by Gasteiger charge is 2.15. The molecule has 0 spiro atoms. The predicted octanol–water partition coefficient (Wildman–Crippen LogP) is 2.25. The number of nitrogens with two attached hydrogens (primary N) is 1. The molecule has 3 heterocycles. The van der Waals surface area contributed by atoms with Gasteiger partial charge < -0.3 is 10.2 Å². The molecule has 3 rings (SSSR count). The van der Waals surface area contributed by atoms with E-state index < -0.39 is 0 Å². The quantitative estimate of drug-likeness (QED) is 0.760. The average molecular weight is 263 g/mol. The molecule has 0 fully saturated rings. The Morgan fingerprint density at radius 2 is 2.00 bits per heavy atom. The number of aromatic nitrogens is 3. The van der Waals surface area contributed by atoms with Crippen LogP contribution in [0.2, 0.25) is 0 Å². The number of nitrogen functional groups attached to an aromatic ring is 1. The third-order valence-electron chi connectivity index (χ3n) is 2.77. The molecule has 0 aromatic carbocycles. The van der Waals surface area contributed by atoms with E-state index >= 15 is 0 Å². The van der Waals surface area contributed by atoms with E-state index in [9.17, 15) is 0 Å². The molecule has 0 saturated carbocycles. The first kappa shape index (κ1) is 11.9. The standard InChI is InChI=1S/C14H9N5O/c15-4-9-5-17-8-12(19-9)14-10(6-18-7-11(14)16)13-2-1-3-20-13/h1-3,5-8H,16H2. The molecule has 6 heteroatoms. The number of nitriles is 1. The lowest BCUT2D eigenvalue weighted by Crippen LogP contribution is -1.98. The monoisotopic (exact) mass is 263 g/mol. The molecular weight excluding hydrogens is 254 g/mol. The summed E-state index contributed by atoms with van der Waals surface area (Å²) in [6, 6.07) is 5.54. The van der Waals surface area contributed by atoms with Gasteiger partial charge in [-0.2, -0.15) is 5.26 Å². The van der Waals surface area contributed by atoms with E-state index in [1.807, 2.05) is 12.1 Å². The van der Waals surface area contributed by atoms with E-state index in [0.717, 1.165) is 0 Å². The number of furan rings is 1. The van der Waals surface area contributed by atoms with Gasteiger partial charge in [0.2, 0.25) is 0 Å². The third-order valence-corrected chi connectivity index (χ3v) is 2.77. The number of hydrogen-bond acceptors (Lipinski definition) is 6. The molecule has 0 radical (unpaired) electrons. The minimum atomic E-state index is 0.226. The van der Waals surface area contributed by atoms with Crippen molar-refractivity contribution in [2.75, 3.05) is 5.73 Å². The van der Waals surface area contributed by atoms with Crippen LogP contribution in [-0.4, -0.2) is 15.0 Å². The fourth-order valence-electron chi connectivity index (χ4n) is 1.92. The summed E-state index contributed by atoms with van der Waals surface area (Å²) in [6.45, 7) is 0. The zero-order valence-electron chi connectivity index (χ0n) is 10.3. The van der Waals surface area contributed by atoms with Crippen LogP contribution in [0.25, 0.3) is 22.6 Å². The van der Waals surface area contributed by atoms with Gasteiger partial charge >= 0.3 is 0 Å². The first-order valence-electron chi connectivity index (χ1n) is 5.79. The predicted molar refractivity (Wildman–Crippen MR) is 72.1 cm³/mol. The van der Waals surface area contributed by atoms with Crippen LogP contribution in [0.3, 0.4) is 0 Å². The Bertz CT molecular complexity index is 790. The molecule has 3 aromatic rings. The molecule has 0 aliphatic heterocycles. The molecule has 3 aromatic heterocycles. The average Bonchev–Trinajstić information content (AvgIpc) is 3.01. The largest absolute Gasteiger partial charge is 0.464 e. The topological polar surface area (TPSA) is 102 Å². The van der Waals surface area contributed by atoms with Crippen LogP contribution in [0.15, 0.2) is 47.6 Å². The third kappa shape index (κ3) is 1.97. The van der Waals surface area contributed by atoms with Crippen molar-refractivity contribution in [2.24, 2.45) is 0 Å². The van der Waals surface area contributed by atoms with Crippen LogP contribution in [0, 0.1) is 11.3 Å². The summed E-state index contributed by atoms with van der Waals surface area (Å²) >= 11 is 0. The van der Waals surface area contributed by atoms with E-state index in [4.69, 9.17) is 15.4 Å². The van der Waals surface area contributed by atoms with Crippen LogP contribution in [0.4, 0.5) is 5.69 Å². The van der Waals surface area contributed by atoms with E-state index in [2.05, 4.69) is 15.0 Å². The summed E-state index contributed by atoms with van der Waals surface area (Å²) in [5.74, 6) is 0.629. The lowest BCUT2D eigenvalue weighted by Gasteiger charge is -2.09. The maximum Gasteiger partial charge on any atom is 0.159 e. The Morgan fingerprint density at radius 1 is 1.15 bits per heavy atom. The van der Waals surface area contributed by atoms with Crippen LogP contribution in [-0.2, 0) is 0 Å². The van der Waals surface area contributed by atoms with Gasteiger partial charge in [0.15, 0.2) is 5.69 Å². The highest BCUT2D eigenvalue weighted by molar-refractivity contribution is 5.87. The lowest BCUT2D eigenvalue weighted by atomic mass is 10.0. The van der Waals surface area contributed by atoms with Gasteiger partial charge in [-0.3, -0.25) is 9.97 Å². The number of anilines is 1. The van der Waals surface area contributed by atoms with Crippen LogP contribution in [0.1, 0.15) is 5.69 Å². The zero-order chi connectivity index (χ0) is 13.9. The Hall–Kier alpha value is -3.20. The molecule has 2 N–H and O–H groups in total. The van der Waals surface area contributed by atoms with Crippen molar-refractivity contribution < 1.29 is 4.42 Å². The summed E-state index contributed by atoms with van der Waals surface area (Å²) < 4.78 is 5.38. The maximum atomic E-state index is 8.92. The van der Waals surface area contributed by atoms with Crippen LogP contribution in [0.5, 0.6) is 0 Å². The van der Waals surface area contributed by atoms with Crippen molar-refractivity contribution in [3.63, 3.8) is 0 Å². The maximum absolute atomic E-state index is 8.92. The number of pyridine rings is 1. The van der Waals surface area contributed by atoms with E-state index in [1.54, 1.807) is 24.7 Å². The van der Waals surface area contributed by atoms with Gasteiger partial charge in [-0.25, -0.2) is 4.98 Å². The molecule has 0 unspecified atom stereocenters. The summed E-state index contributed by atoms with van der Waals surface area (Å²) in [6.07, 6.45) is 7.69. The van der Waals surface area contributed by atoms with Crippen molar-refractivity contribution in [1.82, 2.24) is 15.0 Å². The van der Waals surface area contributed by atoms with Crippen molar-refractivity contribution >= 4 is 5.69 Å². The van der Waals surface area contributed by atoms with Gasteiger partial charge in [0.05, 0.1) is 36.2 Å². The molecule has 0 saturated heterocycles. The Balaban J connectivity index is 2.25. The first-order chi connectivity index (χ1) is 9.79. The van der Waals surface area contributed by atoms with Crippen molar-refractivity contribution in [1.29, 1.82) is 5.26 Å². The Labute approximate surface area is 114 Å². The van der Waals surface area contributed by atoms with Crippen molar-refractivity contribution in [3.8, 4) is 28.7 Å². The molecular formula is C14H9N5O. The second kappa shape index (κ2) is 4.82. The number of rotatable bonds is 2. The SMILES string of the molecule is N#Cc1cncc(-c2c(N)cncc2-c2ccco2)n1. The minimum Gasteiger partial charge on any atom is -0.464 e. The Kier molecular flexibility index (Phi) is 2.86.